The van der Waals surface area contributed by atoms with E-state index in [0.29, 0.717) is 0 Å². The first-order valence-electron chi connectivity index (χ1n) is 15.6. The van der Waals surface area contributed by atoms with Crippen LogP contribution in [0, 0.1) is 5.41 Å². The Morgan fingerprint density at radius 3 is 1.16 bits per heavy atom. The highest BCUT2D eigenvalue weighted by Crippen LogP contribution is 2.25. The average Bonchev–Trinajstić information content (AvgIpc) is 2.87. The summed E-state index contributed by atoms with van der Waals surface area (Å²) in [6.07, 6.45) is -6.16. The van der Waals surface area contributed by atoms with Crippen molar-refractivity contribution in [2.24, 2.45) is 15.4 Å². The van der Waals surface area contributed by atoms with Gasteiger partial charge < -0.3 is 33.2 Å². The number of cyclic esters (lactones) is 2. The van der Waals surface area contributed by atoms with Crippen LogP contribution in [0.2, 0.25) is 0 Å². The number of nitrogens with one attached hydrogen (secondary N) is 4. The Balaban J connectivity index is 3.52. The Kier molecular flexibility index (Phi) is 14.9. The fourth-order valence-electron chi connectivity index (χ4n) is 3.27. The molecule has 0 atom stereocenters. The van der Waals surface area contributed by atoms with Gasteiger partial charge >= 0.3 is 36.5 Å². The second kappa shape index (κ2) is 17.2. The van der Waals surface area contributed by atoms with Crippen molar-refractivity contribution in [3.8, 4) is 0 Å². The summed E-state index contributed by atoms with van der Waals surface area (Å²) in [6.45, 7) is 19.3. The third-order valence-corrected chi connectivity index (χ3v) is 5.17. The zero-order valence-corrected chi connectivity index (χ0v) is 31.1. The summed E-state index contributed by atoms with van der Waals surface area (Å²) in [5.41, 5.74) is -5.07. The van der Waals surface area contributed by atoms with Gasteiger partial charge in [-0.2, -0.15) is 0 Å². The van der Waals surface area contributed by atoms with Crippen LogP contribution in [-0.4, -0.2) is 103 Å². The summed E-state index contributed by atoms with van der Waals surface area (Å²) in [5, 5.41) is 9.24. The highest BCUT2D eigenvalue weighted by atomic mass is 16.7. The van der Waals surface area contributed by atoms with E-state index in [9.17, 15) is 28.8 Å². The van der Waals surface area contributed by atoms with Crippen LogP contribution in [0.1, 0.15) is 90.0 Å². The van der Waals surface area contributed by atoms with E-state index in [1.807, 2.05) is 0 Å². The number of nitrogens with zero attached hydrogens (tertiary/aromatic N) is 2. The van der Waals surface area contributed by atoms with Gasteiger partial charge in [0, 0.05) is 0 Å². The van der Waals surface area contributed by atoms with Gasteiger partial charge in [0.2, 0.25) is 11.9 Å². The van der Waals surface area contributed by atoms with Gasteiger partial charge in [0.15, 0.2) is 0 Å². The first-order valence-corrected chi connectivity index (χ1v) is 15.6. The van der Waals surface area contributed by atoms with E-state index in [-0.39, 0.29) is 13.2 Å². The van der Waals surface area contributed by atoms with Gasteiger partial charge in [0.1, 0.15) is 47.1 Å². The molecule has 0 spiro atoms. The van der Waals surface area contributed by atoms with Gasteiger partial charge in [-0.05, 0) is 90.0 Å². The number of hydrogen-bond donors (Lipinski definition) is 4. The van der Waals surface area contributed by atoms with Crippen molar-refractivity contribution in [2.45, 2.75) is 119 Å². The number of aliphatic imine (C=N–C) groups is 2. The van der Waals surface area contributed by atoms with Crippen molar-refractivity contribution >= 4 is 48.4 Å². The number of esters is 1. The Morgan fingerprint density at radius 1 is 0.620 bits per heavy atom. The molecular weight excluding hydrogens is 664 g/mol. The normalized spacial score (nSPS) is 14.4. The summed E-state index contributed by atoms with van der Waals surface area (Å²) >= 11 is 0. The van der Waals surface area contributed by atoms with Crippen molar-refractivity contribution < 1.29 is 61.9 Å². The standard InChI is InChI=1S/C31H52N6O13/c1-27(2,3)47-22(39)34-20(35-23(40)48-28(4,5)6)32-14-18(46-19(38)31(13)16-44-26(43)45-17-31)15-33-21(36-24(41)49-29(7,8)9)37-25(42)50-30(10,11)12/h18H,14-17H2,1-13H3,(H2,32,34,35,39,40)(H2,33,36,37,41,42). The third-order valence-electron chi connectivity index (χ3n) is 5.17. The van der Waals surface area contributed by atoms with Gasteiger partial charge in [-0.25, -0.2) is 34.0 Å². The molecular formula is C31H52N6O13. The quantitative estimate of drug-likeness (QED) is 0.132. The molecule has 1 saturated heterocycles. The molecule has 0 aromatic carbocycles. The van der Waals surface area contributed by atoms with Crippen LogP contribution in [0.15, 0.2) is 9.98 Å². The number of ether oxygens (including phenoxy) is 7. The summed E-state index contributed by atoms with van der Waals surface area (Å²) in [7, 11) is 0. The number of rotatable bonds is 6. The van der Waals surface area contributed by atoms with Crippen LogP contribution >= 0.6 is 0 Å². The molecule has 0 bridgehead atoms. The fourth-order valence-corrected chi connectivity index (χ4v) is 3.27. The highest BCUT2D eigenvalue weighted by molar-refractivity contribution is 6.02. The smallest absolute Gasteiger partial charge is 0.458 e. The van der Waals surface area contributed by atoms with E-state index in [1.165, 1.54) is 6.92 Å². The molecule has 0 aromatic rings. The number of carbonyl (C=O) groups is 6. The summed E-state index contributed by atoms with van der Waals surface area (Å²) in [4.78, 5) is 83.5. The molecule has 0 saturated carbocycles. The first kappa shape index (κ1) is 43.2. The monoisotopic (exact) mass is 716 g/mol. The molecule has 0 aromatic heterocycles. The van der Waals surface area contributed by atoms with E-state index in [2.05, 4.69) is 31.3 Å². The molecule has 19 heteroatoms. The van der Waals surface area contributed by atoms with Crippen molar-refractivity contribution in [1.82, 2.24) is 21.3 Å². The second-order valence-electron chi connectivity index (χ2n) is 15.3. The van der Waals surface area contributed by atoms with Crippen LogP contribution in [0.5, 0.6) is 0 Å². The zero-order chi connectivity index (χ0) is 38.7. The van der Waals surface area contributed by atoms with E-state index in [1.54, 1.807) is 83.1 Å². The maximum Gasteiger partial charge on any atom is 0.508 e. The minimum atomic E-state index is -1.43. The molecule has 0 radical (unpaired) electrons. The predicted molar refractivity (Wildman–Crippen MR) is 177 cm³/mol. The van der Waals surface area contributed by atoms with Gasteiger partial charge in [-0.15, -0.1) is 0 Å². The minimum absolute atomic E-state index is 0.360. The number of hydrogen-bond acceptors (Lipinski definition) is 15. The number of amides is 4. The molecule has 0 aliphatic carbocycles. The molecule has 1 heterocycles. The second-order valence-corrected chi connectivity index (χ2v) is 15.3. The molecule has 1 aliphatic heterocycles. The Labute approximate surface area is 291 Å². The van der Waals surface area contributed by atoms with Gasteiger partial charge in [0.25, 0.3) is 0 Å². The van der Waals surface area contributed by atoms with E-state index >= 15 is 0 Å². The van der Waals surface area contributed by atoms with Crippen molar-refractivity contribution in [1.29, 1.82) is 0 Å². The zero-order valence-electron chi connectivity index (χ0n) is 31.1. The highest BCUT2D eigenvalue weighted by Gasteiger charge is 2.43. The predicted octanol–water partition coefficient (Wildman–Crippen LogP) is 3.88. The van der Waals surface area contributed by atoms with E-state index in [4.69, 9.17) is 33.2 Å². The SMILES string of the molecule is CC(C)(C)OC(=O)NC(=NCC(CN=C(NC(=O)OC(C)(C)C)NC(=O)OC(C)(C)C)OC(=O)C1(C)COC(=O)OC1)NC(=O)OC(C)(C)C. The third kappa shape index (κ3) is 19.2. The Hall–Kier alpha value is -4.84. The van der Waals surface area contributed by atoms with Crippen LogP contribution in [0.3, 0.4) is 0 Å². The van der Waals surface area contributed by atoms with Crippen LogP contribution in [-0.2, 0) is 38.0 Å². The summed E-state index contributed by atoms with van der Waals surface area (Å²) in [5.74, 6) is -1.75. The lowest BCUT2D eigenvalue weighted by molar-refractivity contribution is -0.170. The number of alkyl carbamates (subject to hydrolysis) is 4. The van der Waals surface area contributed by atoms with Gasteiger partial charge in [-0.1, -0.05) is 0 Å². The molecule has 0 unspecified atom stereocenters. The van der Waals surface area contributed by atoms with Gasteiger partial charge in [0.05, 0.1) is 13.1 Å². The minimum Gasteiger partial charge on any atom is -0.458 e. The molecule has 4 amide bonds. The maximum absolute atomic E-state index is 13.3. The van der Waals surface area contributed by atoms with Crippen molar-refractivity contribution in [2.75, 3.05) is 26.3 Å². The summed E-state index contributed by atoms with van der Waals surface area (Å²) < 4.78 is 36.4. The van der Waals surface area contributed by atoms with E-state index in [0.717, 1.165) is 0 Å². The van der Waals surface area contributed by atoms with Crippen LogP contribution in [0.4, 0.5) is 24.0 Å². The van der Waals surface area contributed by atoms with Crippen LogP contribution < -0.4 is 21.3 Å². The molecule has 284 valence electrons. The Bertz CT molecular complexity index is 1170. The molecule has 1 fully saturated rings. The molecule has 1 aliphatic rings. The lowest BCUT2D eigenvalue weighted by atomic mass is 9.92. The fraction of sp³-hybridized carbons (Fsp3) is 0.742. The average molecular weight is 717 g/mol. The van der Waals surface area contributed by atoms with Gasteiger partial charge in [-0.3, -0.25) is 26.1 Å². The van der Waals surface area contributed by atoms with Crippen molar-refractivity contribution in [3.05, 3.63) is 0 Å². The lowest BCUT2D eigenvalue weighted by Gasteiger charge is -2.31. The molecule has 4 N–H and O–H groups in total. The summed E-state index contributed by atoms with van der Waals surface area (Å²) in [6, 6.07) is 0. The lowest BCUT2D eigenvalue weighted by Crippen LogP contribution is -2.49. The van der Waals surface area contributed by atoms with E-state index < -0.39 is 95.4 Å². The largest absolute Gasteiger partial charge is 0.508 e. The van der Waals surface area contributed by atoms with Crippen LogP contribution in [0.25, 0.3) is 0 Å². The number of guanidine groups is 2. The van der Waals surface area contributed by atoms with Crippen molar-refractivity contribution in [3.63, 3.8) is 0 Å². The topological polar surface area (TPSA) is 240 Å². The molecule has 19 nitrogen and oxygen atoms in total. The molecule has 1 rings (SSSR count). The first-order chi connectivity index (χ1) is 22.5. The molecule has 50 heavy (non-hydrogen) atoms. The maximum atomic E-state index is 13.3. The Morgan fingerprint density at radius 2 is 0.900 bits per heavy atom. The number of carbonyl (C=O) groups excluding carboxylic acids is 6.